The van der Waals surface area contributed by atoms with Crippen LogP contribution >= 0.6 is 15.9 Å². The van der Waals surface area contributed by atoms with Gasteiger partial charge in [-0.15, -0.1) is 0 Å². The van der Waals surface area contributed by atoms with Crippen molar-refractivity contribution in [2.24, 2.45) is 0 Å². The summed E-state index contributed by atoms with van der Waals surface area (Å²) < 4.78 is 14.7. The third-order valence-corrected chi connectivity index (χ3v) is 5.20. The van der Waals surface area contributed by atoms with Gasteiger partial charge < -0.3 is 15.1 Å². The summed E-state index contributed by atoms with van der Waals surface area (Å²) in [5, 5.41) is 2.95. The van der Waals surface area contributed by atoms with Gasteiger partial charge in [0.2, 0.25) is 0 Å². The highest BCUT2D eigenvalue weighted by Crippen LogP contribution is 2.24. The minimum absolute atomic E-state index is 0.0255. The van der Waals surface area contributed by atoms with E-state index in [2.05, 4.69) is 45.3 Å². The molecule has 2 aromatic carbocycles. The van der Waals surface area contributed by atoms with Gasteiger partial charge >= 0.3 is 6.03 Å². The molecule has 1 atom stereocenters. The Bertz CT molecular complexity index is 756. The van der Waals surface area contributed by atoms with Crippen LogP contribution in [-0.2, 0) is 6.42 Å². The Hall–Kier alpha value is -1.92. The Morgan fingerprint density at radius 2 is 2.00 bits per heavy atom. The van der Waals surface area contributed by atoms with Gasteiger partial charge in [-0.05, 0) is 42.8 Å². The van der Waals surface area contributed by atoms with Gasteiger partial charge in [0, 0.05) is 30.7 Å². The monoisotopic (exact) mass is 419 g/mol. The molecule has 6 heteroatoms. The number of carbonyl (C=O) groups excluding carboxylic acids is 1. The zero-order chi connectivity index (χ0) is 18.5. The Kier molecular flexibility index (Phi) is 6.27. The summed E-state index contributed by atoms with van der Waals surface area (Å²) in [6, 6.07) is 14.9. The number of halogens is 2. The van der Waals surface area contributed by atoms with Gasteiger partial charge in [-0.1, -0.05) is 46.3 Å². The molecule has 0 spiro atoms. The predicted molar refractivity (Wildman–Crippen MR) is 105 cm³/mol. The molecule has 1 aliphatic heterocycles. The molecule has 1 fully saturated rings. The maximum Gasteiger partial charge on any atom is 0.318 e. The van der Waals surface area contributed by atoms with E-state index in [9.17, 15) is 9.18 Å². The maximum atomic E-state index is 13.8. The number of amides is 2. The van der Waals surface area contributed by atoms with Crippen LogP contribution in [-0.4, -0.2) is 49.1 Å². The van der Waals surface area contributed by atoms with Crippen molar-refractivity contribution in [1.29, 1.82) is 0 Å². The molecule has 2 aromatic rings. The lowest BCUT2D eigenvalue weighted by molar-refractivity contribution is 0.109. The number of rotatable bonds is 4. The van der Waals surface area contributed by atoms with Gasteiger partial charge in [-0.3, -0.25) is 0 Å². The largest absolute Gasteiger partial charge is 0.338 e. The molecule has 0 unspecified atom stereocenters. The van der Waals surface area contributed by atoms with E-state index in [0.717, 1.165) is 23.1 Å². The third kappa shape index (κ3) is 4.62. The Labute approximate surface area is 162 Å². The highest BCUT2D eigenvalue weighted by atomic mass is 79.9. The van der Waals surface area contributed by atoms with Crippen LogP contribution in [0, 0.1) is 5.82 Å². The SMILES string of the molecule is CN1CCN(C(=O)NCCc2cc(Br)ccc2F)[C@H](c2ccccc2)C1. The Balaban J connectivity index is 1.63. The van der Waals surface area contributed by atoms with Crippen molar-refractivity contribution in [3.05, 3.63) is 69.9 Å². The number of piperazine rings is 1. The molecule has 0 aromatic heterocycles. The molecular weight excluding hydrogens is 397 g/mol. The summed E-state index contributed by atoms with van der Waals surface area (Å²) in [6.07, 6.45) is 0.459. The summed E-state index contributed by atoms with van der Waals surface area (Å²) in [7, 11) is 2.07. The first-order valence-electron chi connectivity index (χ1n) is 8.76. The number of hydrogen-bond donors (Lipinski definition) is 1. The highest BCUT2D eigenvalue weighted by molar-refractivity contribution is 9.10. The minimum Gasteiger partial charge on any atom is -0.338 e. The van der Waals surface area contributed by atoms with Crippen LogP contribution in [0.25, 0.3) is 0 Å². The number of benzene rings is 2. The Morgan fingerprint density at radius 1 is 1.23 bits per heavy atom. The lowest BCUT2D eigenvalue weighted by atomic mass is 10.0. The van der Waals surface area contributed by atoms with Crippen LogP contribution in [0.15, 0.2) is 53.0 Å². The second-order valence-electron chi connectivity index (χ2n) is 6.60. The number of carbonyl (C=O) groups is 1. The van der Waals surface area contributed by atoms with Crippen LogP contribution in [0.5, 0.6) is 0 Å². The molecule has 4 nitrogen and oxygen atoms in total. The smallest absolute Gasteiger partial charge is 0.318 e. The van der Waals surface area contributed by atoms with E-state index < -0.39 is 0 Å². The number of hydrogen-bond acceptors (Lipinski definition) is 2. The quantitative estimate of drug-likeness (QED) is 0.816. The molecule has 138 valence electrons. The van der Waals surface area contributed by atoms with Gasteiger partial charge in [0.05, 0.1) is 6.04 Å². The second kappa shape index (κ2) is 8.64. The number of nitrogens with one attached hydrogen (secondary N) is 1. The van der Waals surface area contributed by atoms with E-state index in [0.29, 0.717) is 25.1 Å². The van der Waals surface area contributed by atoms with E-state index in [-0.39, 0.29) is 17.9 Å². The number of likely N-dealkylation sites (N-methyl/N-ethyl adjacent to an activating group) is 1. The first kappa shape index (κ1) is 18.9. The lowest BCUT2D eigenvalue weighted by Crippen LogP contribution is -2.52. The first-order chi connectivity index (χ1) is 12.5. The molecule has 1 heterocycles. The van der Waals surface area contributed by atoms with Crippen molar-refractivity contribution in [3.63, 3.8) is 0 Å². The predicted octanol–water partition coefficient (Wildman–Crippen LogP) is 3.83. The van der Waals surface area contributed by atoms with E-state index in [4.69, 9.17) is 0 Å². The molecule has 1 saturated heterocycles. The topological polar surface area (TPSA) is 35.6 Å². The normalized spacial score (nSPS) is 18.0. The van der Waals surface area contributed by atoms with Crippen LogP contribution in [0.2, 0.25) is 0 Å². The molecule has 0 radical (unpaired) electrons. The molecule has 1 N–H and O–H groups in total. The molecule has 26 heavy (non-hydrogen) atoms. The zero-order valence-electron chi connectivity index (χ0n) is 14.8. The first-order valence-corrected chi connectivity index (χ1v) is 9.56. The summed E-state index contributed by atoms with van der Waals surface area (Å²) in [4.78, 5) is 16.8. The van der Waals surface area contributed by atoms with E-state index in [1.165, 1.54) is 6.07 Å². The molecular formula is C20H23BrFN3O. The molecule has 1 aliphatic rings. The van der Waals surface area contributed by atoms with Crippen LogP contribution in [0.4, 0.5) is 9.18 Å². The van der Waals surface area contributed by atoms with Gasteiger partial charge in [0.15, 0.2) is 0 Å². The van der Waals surface area contributed by atoms with Gasteiger partial charge in [-0.25, -0.2) is 9.18 Å². The number of nitrogens with zero attached hydrogens (tertiary/aromatic N) is 2. The summed E-state index contributed by atoms with van der Waals surface area (Å²) in [5.41, 5.74) is 1.73. The van der Waals surface area contributed by atoms with Gasteiger partial charge in [0.25, 0.3) is 0 Å². The minimum atomic E-state index is -0.246. The van der Waals surface area contributed by atoms with E-state index >= 15 is 0 Å². The average Bonchev–Trinajstić information content (AvgIpc) is 2.65. The molecule has 3 rings (SSSR count). The van der Waals surface area contributed by atoms with E-state index in [1.54, 1.807) is 12.1 Å². The van der Waals surface area contributed by atoms with Crippen molar-refractivity contribution >= 4 is 22.0 Å². The van der Waals surface area contributed by atoms with Crippen LogP contribution < -0.4 is 5.32 Å². The molecule has 0 saturated carbocycles. The summed E-state index contributed by atoms with van der Waals surface area (Å²) in [6.45, 7) is 2.72. The summed E-state index contributed by atoms with van der Waals surface area (Å²) in [5.74, 6) is -0.246. The third-order valence-electron chi connectivity index (χ3n) is 4.71. The fourth-order valence-corrected chi connectivity index (χ4v) is 3.67. The average molecular weight is 420 g/mol. The lowest BCUT2D eigenvalue weighted by Gasteiger charge is -2.40. The van der Waals surface area contributed by atoms with Crippen LogP contribution in [0.3, 0.4) is 0 Å². The summed E-state index contributed by atoms with van der Waals surface area (Å²) >= 11 is 3.35. The van der Waals surface area contributed by atoms with Gasteiger partial charge in [-0.2, -0.15) is 0 Å². The van der Waals surface area contributed by atoms with Crippen molar-refractivity contribution < 1.29 is 9.18 Å². The molecule has 0 aliphatic carbocycles. The van der Waals surface area contributed by atoms with E-state index in [1.807, 2.05) is 23.1 Å². The van der Waals surface area contributed by atoms with Gasteiger partial charge in [0.1, 0.15) is 5.82 Å². The second-order valence-corrected chi connectivity index (χ2v) is 7.52. The van der Waals surface area contributed by atoms with Crippen LogP contribution in [0.1, 0.15) is 17.2 Å². The molecule has 2 amide bonds. The van der Waals surface area contributed by atoms with Crippen molar-refractivity contribution in [3.8, 4) is 0 Å². The zero-order valence-corrected chi connectivity index (χ0v) is 16.4. The van der Waals surface area contributed by atoms with Crippen molar-refractivity contribution in [2.75, 3.05) is 33.2 Å². The fourth-order valence-electron chi connectivity index (χ4n) is 3.26. The molecule has 0 bridgehead atoms. The fraction of sp³-hybridized carbons (Fsp3) is 0.350. The Morgan fingerprint density at radius 3 is 2.77 bits per heavy atom. The van der Waals surface area contributed by atoms with Crippen molar-refractivity contribution in [2.45, 2.75) is 12.5 Å². The maximum absolute atomic E-state index is 13.8. The number of urea groups is 1. The highest BCUT2D eigenvalue weighted by Gasteiger charge is 2.29. The standard InChI is InChI=1S/C20H23BrFN3O/c1-24-11-12-25(19(14-24)15-5-3-2-4-6-15)20(26)23-10-9-16-13-17(21)7-8-18(16)22/h2-8,13,19H,9-12,14H2,1H3,(H,23,26)/t19-/m0/s1. The van der Waals surface area contributed by atoms with Crippen molar-refractivity contribution in [1.82, 2.24) is 15.1 Å².